The van der Waals surface area contributed by atoms with Crippen LogP contribution in [0.4, 0.5) is 18.9 Å². The van der Waals surface area contributed by atoms with Crippen LogP contribution in [0.15, 0.2) is 17.8 Å². The van der Waals surface area contributed by atoms with Crippen LogP contribution in [0.1, 0.15) is 15.9 Å². The summed E-state index contributed by atoms with van der Waals surface area (Å²) in [5.41, 5.74) is 8.49. The Morgan fingerprint density at radius 2 is 2.00 bits per heavy atom. The van der Waals surface area contributed by atoms with Gasteiger partial charge in [-0.2, -0.15) is 13.2 Å². The van der Waals surface area contributed by atoms with Gasteiger partial charge >= 0.3 is 12.1 Å². The van der Waals surface area contributed by atoms with E-state index in [9.17, 15) is 18.0 Å². The van der Waals surface area contributed by atoms with Gasteiger partial charge < -0.3 is 21.3 Å². The number of anilines is 1. The third kappa shape index (κ3) is 3.30. The van der Waals surface area contributed by atoms with Crippen LogP contribution in [0.2, 0.25) is 0 Å². The third-order valence-electron chi connectivity index (χ3n) is 2.28. The first-order valence-corrected chi connectivity index (χ1v) is 4.92. The van der Waals surface area contributed by atoms with Crippen LogP contribution in [0, 0.1) is 0 Å². The number of nitrogen functional groups attached to an aromatic ring is 1. The molecule has 1 aromatic rings. The number of carbonyl (C=O) groups is 1. The Hall–Kier alpha value is -2.38. The summed E-state index contributed by atoms with van der Waals surface area (Å²) in [4.78, 5) is 10.8. The highest BCUT2D eigenvalue weighted by molar-refractivity contribution is 5.91. The number of nitrogens with two attached hydrogens (primary N) is 2. The fraction of sp³-hybridized carbons (Fsp3) is 0.182. The normalized spacial score (nSPS) is 12.3. The fourth-order valence-corrected chi connectivity index (χ4v) is 1.31. The quantitative estimate of drug-likeness (QED) is 0.731. The van der Waals surface area contributed by atoms with E-state index < -0.39 is 17.8 Å². The maximum atomic E-state index is 12.3. The van der Waals surface area contributed by atoms with Crippen LogP contribution in [0.25, 0.3) is 6.08 Å². The van der Waals surface area contributed by atoms with Crippen molar-refractivity contribution in [3.63, 3.8) is 0 Å². The number of rotatable bonds is 3. The van der Waals surface area contributed by atoms with Crippen molar-refractivity contribution in [2.24, 2.45) is 5.73 Å². The van der Waals surface area contributed by atoms with Crippen LogP contribution in [0.3, 0.4) is 0 Å². The first-order chi connectivity index (χ1) is 8.66. The molecule has 0 radical (unpaired) electrons. The molecule has 0 saturated heterocycles. The van der Waals surface area contributed by atoms with Crippen molar-refractivity contribution < 1.29 is 27.8 Å². The monoisotopic (exact) mass is 276 g/mol. The van der Waals surface area contributed by atoms with E-state index in [0.717, 1.165) is 12.1 Å². The second-order valence-corrected chi connectivity index (χ2v) is 3.58. The van der Waals surface area contributed by atoms with E-state index in [4.69, 9.17) is 21.3 Å². The average Bonchev–Trinajstić information content (AvgIpc) is 2.30. The van der Waals surface area contributed by atoms with Crippen LogP contribution < -0.4 is 16.2 Å². The second kappa shape index (κ2) is 5.09. The van der Waals surface area contributed by atoms with E-state index in [1.165, 1.54) is 7.11 Å². The summed E-state index contributed by atoms with van der Waals surface area (Å²) in [5.74, 6) is -1.36. The van der Waals surface area contributed by atoms with Gasteiger partial charge in [-0.1, -0.05) is 0 Å². The van der Waals surface area contributed by atoms with Crippen LogP contribution in [-0.4, -0.2) is 24.4 Å². The average molecular weight is 276 g/mol. The first kappa shape index (κ1) is 14.7. The lowest BCUT2D eigenvalue weighted by Gasteiger charge is -2.11. The lowest BCUT2D eigenvalue weighted by Crippen LogP contribution is -2.19. The second-order valence-electron chi connectivity index (χ2n) is 3.58. The molecule has 0 spiro atoms. The third-order valence-corrected chi connectivity index (χ3v) is 2.28. The van der Waals surface area contributed by atoms with Crippen molar-refractivity contribution >= 4 is 17.7 Å². The van der Waals surface area contributed by atoms with E-state index in [1.807, 2.05) is 0 Å². The minimum absolute atomic E-state index is 0.0406. The predicted molar refractivity (Wildman–Crippen MR) is 62.6 cm³/mol. The molecule has 0 aliphatic carbocycles. The molecular formula is C11H11F3N2O3. The molecule has 0 heterocycles. The number of halogens is 3. The highest BCUT2D eigenvalue weighted by Crippen LogP contribution is 2.31. The maximum Gasteiger partial charge on any atom is 0.430 e. The number of allylic oxidation sites excluding steroid dienone is 1. The van der Waals surface area contributed by atoms with Gasteiger partial charge in [0.25, 0.3) is 0 Å². The lowest BCUT2D eigenvalue weighted by atomic mass is 10.1. The number of carboxylic acid groups (broad SMARTS) is 1. The van der Waals surface area contributed by atoms with E-state index in [2.05, 4.69) is 0 Å². The van der Waals surface area contributed by atoms with Crippen LogP contribution >= 0.6 is 0 Å². The summed E-state index contributed by atoms with van der Waals surface area (Å²) >= 11 is 0. The standard InChI is InChI=1S/C11H11F3N2O3/c1-19-7-3-6(10(17)18)2-5(9(7)16)4-8(15)11(12,13)14/h2-4H,15-16H2,1H3,(H,17,18)/b8-4-. The highest BCUT2D eigenvalue weighted by atomic mass is 19.4. The Kier molecular flexibility index (Phi) is 3.93. The molecule has 104 valence electrons. The van der Waals surface area contributed by atoms with Gasteiger partial charge in [0.2, 0.25) is 0 Å². The topological polar surface area (TPSA) is 98.6 Å². The molecule has 0 atom stereocenters. The van der Waals surface area contributed by atoms with E-state index in [1.54, 1.807) is 0 Å². The van der Waals surface area contributed by atoms with E-state index in [-0.39, 0.29) is 22.6 Å². The summed E-state index contributed by atoms with van der Waals surface area (Å²) in [6.45, 7) is 0. The van der Waals surface area contributed by atoms with Gasteiger partial charge in [0.05, 0.1) is 18.4 Å². The van der Waals surface area contributed by atoms with Gasteiger partial charge in [-0.05, 0) is 18.2 Å². The fourth-order valence-electron chi connectivity index (χ4n) is 1.31. The van der Waals surface area contributed by atoms with Crippen molar-refractivity contribution in [1.29, 1.82) is 0 Å². The molecule has 0 saturated carbocycles. The highest BCUT2D eigenvalue weighted by Gasteiger charge is 2.31. The van der Waals surface area contributed by atoms with Gasteiger partial charge in [-0.15, -0.1) is 0 Å². The zero-order valence-corrected chi connectivity index (χ0v) is 9.78. The SMILES string of the molecule is COc1cc(C(=O)O)cc(/C=C(\N)C(F)(F)F)c1N. The molecule has 0 bridgehead atoms. The van der Waals surface area contributed by atoms with Gasteiger partial charge in [0.1, 0.15) is 11.4 Å². The van der Waals surface area contributed by atoms with Crippen molar-refractivity contribution in [2.75, 3.05) is 12.8 Å². The lowest BCUT2D eigenvalue weighted by molar-refractivity contribution is -0.0916. The maximum absolute atomic E-state index is 12.3. The number of ether oxygens (including phenoxy) is 1. The van der Waals surface area contributed by atoms with Crippen molar-refractivity contribution in [3.8, 4) is 5.75 Å². The van der Waals surface area contributed by atoms with Gasteiger partial charge in [0.15, 0.2) is 0 Å². The number of hydrogen-bond donors (Lipinski definition) is 3. The largest absolute Gasteiger partial charge is 0.495 e. The minimum Gasteiger partial charge on any atom is -0.495 e. The number of carboxylic acids is 1. The molecule has 0 unspecified atom stereocenters. The van der Waals surface area contributed by atoms with Gasteiger partial charge in [0, 0.05) is 5.56 Å². The molecule has 8 heteroatoms. The Morgan fingerprint density at radius 3 is 2.42 bits per heavy atom. The summed E-state index contributed by atoms with van der Waals surface area (Å²) in [7, 11) is 1.22. The molecular weight excluding hydrogens is 265 g/mol. The molecule has 0 amide bonds. The van der Waals surface area contributed by atoms with Gasteiger partial charge in [-0.25, -0.2) is 4.79 Å². The molecule has 1 aromatic carbocycles. The summed E-state index contributed by atoms with van der Waals surface area (Å²) in [6.07, 6.45) is -4.16. The smallest absolute Gasteiger partial charge is 0.430 e. The summed E-state index contributed by atoms with van der Waals surface area (Å²) in [6, 6.07) is 2.09. The predicted octanol–water partition coefficient (Wildman–Crippen LogP) is 1.84. The van der Waals surface area contributed by atoms with Crippen molar-refractivity contribution in [3.05, 3.63) is 29.0 Å². The Morgan fingerprint density at radius 1 is 1.42 bits per heavy atom. The number of benzene rings is 1. The molecule has 19 heavy (non-hydrogen) atoms. The molecule has 0 aliphatic heterocycles. The number of aromatic carboxylic acids is 1. The summed E-state index contributed by atoms with van der Waals surface area (Å²) < 4.78 is 41.8. The molecule has 0 aliphatic rings. The van der Waals surface area contributed by atoms with Crippen LogP contribution in [0.5, 0.6) is 5.75 Å². The molecule has 0 fully saturated rings. The molecule has 5 nitrogen and oxygen atoms in total. The zero-order chi connectivity index (χ0) is 14.8. The van der Waals surface area contributed by atoms with E-state index in [0.29, 0.717) is 6.08 Å². The first-order valence-electron chi connectivity index (χ1n) is 4.92. The number of hydrogen-bond acceptors (Lipinski definition) is 4. The number of alkyl halides is 3. The summed E-state index contributed by atoms with van der Waals surface area (Å²) in [5, 5.41) is 8.84. The van der Waals surface area contributed by atoms with Crippen molar-refractivity contribution in [1.82, 2.24) is 0 Å². The minimum atomic E-state index is -4.72. The zero-order valence-electron chi connectivity index (χ0n) is 9.78. The Balaban J connectivity index is 3.42. The molecule has 5 N–H and O–H groups in total. The van der Waals surface area contributed by atoms with Crippen molar-refractivity contribution in [2.45, 2.75) is 6.18 Å². The van der Waals surface area contributed by atoms with E-state index >= 15 is 0 Å². The van der Waals surface area contributed by atoms with Gasteiger partial charge in [-0.3, -0.25) is 0 Å². The molecule has 0 aromatic heterocycles. The Labute approximate surface area is 106 Å². The number of methoxy groups -OCH3 is 1. The molecule has 1 rings (SSSR count). The van der Waals surface area contributed by atoms with Crippen LogP contribution in [-0.2, 0) is 0 Å². The Bertz CT molecular complexity index is 539.